The van der Waals surface area contributed by atoms with E-state index >= 15 is 0 Å². The van der Waals surface area contributed by atoms with E-state index in [1.54, 1.807) is 0 Å². The van der Waals surface area contributed by atoms with E-state index < -0.39 is 0 Å². The number of allylic oxidation sites excluding steroid dienone is 6. The number of rotatable bonds is 2. The van der Waals surface area contributed by atoms with Crippen LogP contribution in [0.15, 0.2) is 46.0 Å². The first-order valence-corrected chi connectivity index (χ1v) is 12.7. The third-order valence-corrected chi connectivity index (χ3v) is 8.87. The van der Waals surface area contributed by atoms with E-state index in [1.165, 1.54) is 0 Å². The fourth-order valence-electron chi connectivity index (χ4n) is 4.98. The van der Waals surface area contributed by atoms with Crippen molar-refractivity contribution in [2.24, 2.45) is 32.5 Å². The summed E-state index contributed by atoms with van der Waals surface area (Å²) < 4.78 is 0. The minimum Gasteiger partial charge on any atom is -0.508 e. The van der Waals surface area contributed by atoms with Gasteiger partial charge in [0, 0.05) is 6.42 Å². The molecular formula is C31H52O2. The molecule has 2 atom stereocenters. The third kappa shape index (κ3) is 5.30. The highest BCUT2D eigenvalue weighted by atomic mass is 16.3. The Labute approximate surface area is 205 Å². The molecule has 2 N–H and O–H groups in total. The second-order valence-electron chi connectivity index (χ2n) is 15.4. The largest absolute Gasteiger partial charge is 0.508 e. The van der Waals surface area contributed by atoms with Crippen molar-refractivity contribution in [3.63, 3.8) is 0 Å². The highest BCUT2D eigenvalue weighted by Gasteiger charge is 2.45. The van der Waals surface area contributed by atoms with Crippen LogP contribution in [-0.4, -0.2) is 10.2 Å². The van der Waals surface area contributed by atoms with Gasteiger partial charge in [-0.15, -0.1) is 0 Å². The molecule has 0 aliphatic heterocycles. The van der Waals surface area contributed by atoms with Crippen LogP contribution >= 0.6 is 0 Å². The van der Waals surface area contributed by atoms with E-state index in [0.29, 0.717) is 17.9 Å². The molecule has 2 nitrogen and oxygen atoms in total. The van der Waals surface area contributed by atoms with Gasteiger partial charge in [-0.3, -0.25) is 0 Å². The van der Waals surface area contributed by atoms with E-state index in [4.69, 9.17) is 0 Å². The molecule has 0 bridgehead atoms. The van der Waals surface area contributed by atoms with Gasteiger partial charge in [0.1, 0.15) is 11.5 Å². The zero-order valence-electron chi connectivity index (χ0n) is 24.2. The van der Waals surface area contributed by atoms with Crippen molar-refractivity contribution in [1.29, 1.82) is 0 Å². The standard InChI is InChI=1S/C31H52O2/c1-26(2,3)22-18-30(13,28(7,8)9)16-20(24(22)32)15-21-17-31(14,29(10,11)12)19-23(25(21)33)27(4,5)6/h16-17,32-33H,15,18-19H2,1-14H3. The van der Waals surface area contributed by atoms with Crippen molar-refractivity contribution >= 4 is 0 Å². The lowest BCUT2D eigenvalue weighted by molar-refractivity contribution is 0.147. The maximum atomic E-state index is 11.5. The molecular weight excluding hydrogens is 404 g/mol. The summed E-state index contributed by atoms with van der Waals surface area (Å²) in [5, 5.41) is 23.0. The number of hydrogen-bond acceptors (Lipinski definition) is 2. The molecule has 0 radical (unpaired) electrons. The SMILES string of the molecule is CC(C)(C)C1=C(O)C(CC2=CC(C)(C(C)(C)C)CC(C(C)(C)C)=C2O)=CC(C)(C(C)(C)C)C1. The molecule has 0 saturated carbocycles. The Balaban J connectivity index is 2.74. The van der Waals surface area contributed by atoms with E-state index in [1.807, 2.05) is 0 Å². The Morgan fingerprint density at radius 3 is 1.09 bits per heavy atom. The summed E-state index contributed by atoms with van der Waals surface area (Å²) in [6, 6.07) is 0. The van der Waals surface area contributed by atoms with Gasteiger partial charge >= 0.3 is 0 Å². The fraction of sp³-hybridized carbons (Fsp3) is 0.742. The normalized spacial score (nSPS) is 28.2. The molecule has 0 saturated heterocycles. The lowest BCUT2D eigenvalue weighted by atomic mass is 9.58. The molecule has 33 heavy (non-hydrogen) atoms. The van der Waals surface area contributed by atoms with Gasteiger partial charge in [-0.1, -0.05) is 109 Å². The lowest BCUT2D eigenvalue weighted by Gasteiger charge is -2.47. The van der Waals surface area contributed by atoms with Crippen LogP contribution in [0.2, 0.25) is 0 Å². The van der Waals surface area contributed by atoms with Crippen LogP contribution in [0.5, 0.6) is 0 Å². The van der Waals surface area contributed by atoms with Gasteiger partial charge in [0.25, 0.3) is 0 Å². The third-order valence-electron chi connectivity index (χ3n) is 8.87. The van der Waals surface area contributed by atoms with Gasteiger partial charge in [-0.05, 0) is 67.6 Å². The molecule has 0 aromatic carbocycles. The summed E-state index contributed by atoms with van der Waals surface area (Å²) in [5.74, 6) is 0.858. The van der Waals surface area contributed by atoms with Crippen molar-refractivity contribution in [1.82, 2.24) is 0 Å². The van der Waals surface area contributed by atoms with Crippen molar-refractivity contribution in [2.75, 3.05) is 0 Å². The smallest absolute Gasteiger partial charge is 0.118 e. The molecule has 0 amide bonds. The number of aliphatic hydroxyl groups excluding tert-OH is 2. The summed E-state index contributed by atoms with van der Waals surface area (Å²) in [6.45, 7) is 31.5. The average molecular weight is 457 g/mol. The second kappa shape index (κ2) is 8.06. The Morgan fingerprint density at radius 1 is 0.606 bits per heavy atom. The monoisotopic (exact) mass is 456 g/mol. The fourth-order valence-corrected chi connectivity index (χ4v) is 4.98. The second-order valence-corrected chi connectivity index (χ2v) is 15.4. The summed E-state index contributed by atoms with van der Waals surface area (Å²) in [6.07, 6.45) is 6.84. The van der Waals surface area contributed by atoms with Crippen molar-refractivity contribution < 1.29 is 10.2 Å². The van der Waals surface area contributed by atoms with Gasteiger partial charge in [-0.2, -0.15) is 0 Å². The molecule has 2 unspecified atom stereocenters. The van der Waals surface area contributed by atoms with E-state index in [0.717, 1.165) is 35.1 Å². The lowest BCUT2D eigenvalue weighted by Crippen LogP contribution is -2.37. The van der Waals surface area contributed by atoms with E-state index in [9.17, 15) is 10.2 Å². The Morgan fingerprint density at radius 2 is 0.879 bits per heavy atom. The zero-order valence-corrected chi connectivity index (χ0v) is 24.2. The minimum atomic E-state index is -0.120. The van der Waals surface area contributed by atoms with Gasteiger partial charge in [-0.25, -0.2) is 0 Å². The Bertz CT molecular complexity index is 834. The summed E-state index contributed by atoms with van der Waals surface area (Å²) in [7, 11) is 0. The first-order chi connectivity index (χ1) is 14.4. The van der Waals surface area contributed by atoms with Gasteiger partial charge in [0.2, 0.25) is 0 Å². The van der Waals surface area contributed by atoms with Crippen LogP contribution in [0, 0.1) is 32.5 Å². The molecule has 0 heterocycles. The molecule has 0 aromatic rings. The quantitative estimate of drug-likeness (QED) is 0.434. The summed E-state index contributed by atoms with van der Waals surface area (Å²) >= 11 is 0. The van der Waals surface area contributed by atoms with E-state index in [-0.39, 0.29) is 32.5 Å². The number of aliphatic hydroxyl groups is 2. The van der Waals surface area contributed by atoms with Gasteiger partial charge in [0.05, 0.1) is 0 Å². The maximum absolute atomic E-state index is 11.5. The van der Waals surface area contributed by atoms with Crippen molar-refractivity contribution in [3.8, 4) is 0 Å². The summed E-state index contributed by atoms with van der Waals surface area (Å²) in [4.78, 5) is 0. The molecule has 188 valence electrons. The number of hydrogen-bond donors (Lipinski definition) is 2. The Hall–Kier alpha value is -1.44. The van der Waals surface area contributed by atoms with Crippen LogP contribution in [0.25, 0.3) is 0 Å². The molecule has 2 aliphatic carbocycles. The first-order valence-electron chi connectivity index (χ1n) is 12.7. The highest BCUT2D eigenvalue weighted by Crippen LogP contribution is 2.55. The zero-order chi connectivity index (χ0) is 26.0. The van der Waals surface area contributed by atoms with E-state index in [2.05, 4.69) is 109 Å². The molecule has 2 rings (SSSR count). The predicted molar refractivity (Wildman–Crippen MR) is 143 cm³/mol. The predicted octanol–water partition coefficient (Wildman–Crippen LogP) is 9.86. The van der Waals surface area contributed by atoms with Crippen LogP contribution in [0.1, 0.15) is 116 Å². The highest BCUT2D eigenvalue weighted by molar-refractivity contribution is 5.48. The summed E-state index contributed by atoms with van der Waals surface area (Å²) in [5.41, 5.74) is 3.84. The molecule has 0 aromatic heterocycles. The molecule has 0 fully saturated rings. The molecule has 0 spiro atoms. The topological polar surface area (TPSA) is 40.5 Å². The van der Waals surface area contributed by atoms with Gasteiger partial charge in [0.15, 0.2) is 0 Å². The van der Waals surface area contributed by atoms with Crippen molar-refractivity contribution in [2.45, 2.75) is 116 Å². The van der Waals surface area contributed by atoms with Gasteiger partial charge < -0.3 is 10.2 Å². The maximum Gasteiger partial charge on any atom is 0.118 e. The average Bonchev–Trinajstić information content (AvgIpc) is 2.57. The molecule has 2 heteroatoms. The van der Waals surface area contributed by atoms with Crippen LogP contribution in [0.4, 0.5) is 0 Å². The minimum absolute atomic E-state index is 0.0464. The Kier molecular flexibility index (Phi) is 6.79. The molecule has 2 aliphatic rings. The van der Waals surface area contributed by atoms with Crippen LogP contribution < -0.4 is 0 Å². The van der Waals surface area contributed by atoms with Crippen LogP contribution in [0.3, 0.4) is 0 Å². The first kappa shape index (κ1) is 27.8. The van der Waals surface area contributed by atoms with Crippen LogP contribution in [-0.2, 0) is 0 Å². The van der Waals surface area contributed by atoms with Crippen molar-refractivity contribution in [3.05, 3.63) is 46.0 Å².